The van der Waals surface area contributed by atoms with Crippen molar-refractivity contribution in [2.45, 2.75) is 20.4 Å². The summed E-state index contributed by atoms with van der Waals surface area (Å²) in [5.74, 6) is 0.559. The molecule has 3 nitrogen and oxygen atoms in total. The van der Waals surface area contributed by atoms with Crippen molar-refractivity contribution in [1.29, 1.82) is 0 Å². The van der Waals surface area contributed by atoms with Gasteiger partial charge in [-0.25, -0.2) is 0 Å². The number of likely N-dealkylation sites (N-methyl/N-ethyl adjacent to an activating group) is 1. The predicted octanol–water partition coefficient (Wildman–Crippen LogP) is 2.61. The Morgan fingerprint density at radius 2 is 2.24 bits per heavy atom. The average molecular weight is 275 g/mol. The van der Waals surface area contributed by atoms with Crippen LogP contribution in [0.1, 0.15) is 18.7 Å². The van der Waals surface area contributed by atoms with Crippen LogP contribution >= 0.6 is 22.9 Å². The largest absolute Gasteiger partial charge is 0.355 e. The zero-order valence-corrected chi connectivity index (χ0v) is 12.1. The summed E-state index contributed by atoms with van der Waals surface area (Å²) in [6.07, 6.45) is 0. The second-order valence-electron chi connectivity index (χ2n) is 4.58. The summed E-state index contributed by atoms with van der Waals surface area (Å²) in [5, 5.41) is 2.90. The molecule has 1 heterocycles. The summed E-state index contributed by atoms with van der Waals surface area (Å²) in [7, 11) is 1.93. The van der Waals surface area contributed by atoms with Crippen LogP contribution in [0.3, 0.4) is 0 Å². The van der Waals surface area contributed by atoms with Crippen molar-refractivity contribution in [1.82, 2.24) is 10.2 Å². The van der Waals surface area contributed by atoms with E-state index in [4.69, 9.17) is 11.6 Å². The van der Waals surface area contributed by atoms with Crippen molar-refractivity contribution in [3.8, 4) is 0 Å². The van der Waals surface area contributed by atoms with Crippen molar-refractivity contribution in [3.05, 3.63) is 21.3 Å². The van der Waals surface area contributed by atoms with E-state index in [9.17, 15) is 4.79 Å². The Morgan fingerprint density at radius 1 is 1.53 bits per heavy atom. The van der Waals surface area contributed by atoms with E-state index < -0.39 is 0 Å². The molecule has 1 amide bonds. The van der Waals surface area contributed by atoms with E-state index >= 15 is 0 Å². The third-order valence-corrected chi connectivity index (χ3v) is 3.39. The molecule has 0 unspecified atom stereocenters. The lowest BCUT2D eigenvalue weighted by Gasteiger charge is -2.15. The lowest BCUT2D eigenvalue weighted by atomic mass is 10.2. The highest BCUT2D eigenvalue weighted by atomic mass is 35.5. The van der Waals surface area contributed by atoms with Gasteiger partial charge in [-0.2, -0.15) is 0 Å². The van der Waals surface area contributed by atoms with E-state index in [0.717, 1.165) is 17.4 Å². The van der Waals surface area contributed by atoms with E-state index in [1.807, 2.05) is 24.1 Å². The highest BCUT2D eigenvalue weighted by Gasteiger charge is 2.08. The van der Waals surface area contributed by atoms with Crippen molar-refractivity contribution in [3.63, 3.8) is 0 Å². The fourth-order valence-corrected chi connectivity index (χ4v) is 2.55. The van der Waals surface area contributed by atoms with Gasteiger partial charge in [-0.05, 0) is 25.1 Å². The van der Waals surface area contributed by atoms with Gasteiger partial charge in [-0.3, -0.25) is 9.69 Å². The first kappa shape index (κ1) is 14.5. The second kappa shape index (κ2) is 6.99. The molecule has 0 atom stereocenters. The van der Waals surface area contributed by atoms with Gasteiger partial charge in [0.1, 0.15) is 0 Å². The van der Waals surface area contributed by atoms with Gasteiger partial charge in [-0.1, -0.05) is 25.4 Å². The standard InChI is InChI=1S/C12H19ClN2OS/c1-9(2)6-14-12(16)8-15(3)7-10-4-5-11(13)17-10/h4-5,9H,6-8H2,1-3H3,(H,14,16). The van der Waals surface area contributed by atoms with Crippen LogP contribution in [0, 0.1) is 5.92 Å². The van der Waals surface area contributed by atoms with Crippen LogP contribution in [0.5, 0.6) is 0 Å². The molecule has 0 aliphatic carbocycles. The van der Waals surface area contributed by atoms with Gasteiger partial charge in [0, 0.05) is 18.0 Å². The maximum absolute atomic E-state index is 11.6. The monoisotopic (exact) mass is 274 g/mol. The number of rotatable bonds is 6. The van der Waals surface area contributed by atoms with Gasteiger partial charge >= 0.3 is 0 Å². The Morgan fingerprint density at radius 3 is 2.76 bits per heavy atom. The summed E-state index contributed by atoms with van der Waals surface area (Å²) >= 11 is 7.41. The smallest absolute Gasteiger partial charge is 0.234 e. The average Bonchev–Trinajstić information content (AvgIpc) is 2.60. The molecule has 1 aromatic rings. The Hall–Kier alpha value is -0.580. The van der Waals surface area contributed by atoms with Gasteiger partial charge in [0.15, 0.2) is 0 Å². The van der Waals surface area contributed by atoms with Crippen molar-refractivity contribution < 1.29 is 4.79 Å². The molecule has 1 aromatic heterocycles. The predicted molar refractivity (Wildman–Crippen MR) is 73.5 cm³/mol. The zero-order chi connectivity index (χ0) is 12.8. The molecule has 5 heteroatoms. The molecule has 96 valence electrons. The molecule has 0 aliphatic rings. The number of thiophene rings is 1. The number of amides is 1. The Balaban J connectivity index is 2.29. The van der Waals surface area contributed by atoms with Gasteiger partial charge in [0.2, 0.25) is 5.91 Å². The zero-order valence-electron chi connectivity index (χ0n) is 10.5. The molecule has 0 fully saturated rings. The Bertz CT molecular complexity index is 365. The van der Waals surface area contributed by atoms with Gasteiger partial charge in [-0.15, -0.1) is 11.3 Å². The Labute approximate surface area is 112 Å². The van der Waals surface area contributed by atoms with Crippen molar-refractivity contribution in [2.24, 2.45) is 5.92 Å². The van der Waals surface area contributed by atoms with E-state index in [1.165, 1.54) is 4.88 Å². The quantitative estimate of drug-likeness (QED) is 0.865. The topological polar surface area (TPSA) is 32.3 Å². The number of hydrogen-bond acceptors (Lipinski definition) is 3. The molecule has 0 aliphatic heterocycles. The summed E-state index contributed by atoms with van der Waals surface area (Å²) in [5.41, 5.74) is 0. The van der Waals surface area contributed by atoms with Crippen LogP contribution in [0.4, 0.5) is 0 Å². The molecule has 0 bridgehead atoms. The number of nitrogens with zero attached hydrogens (tertiary/aromatic N) is 1. The van der Waals surface area contributed by atoms with Crippen LogP contribution in [0.15, 0.2) is 12.1 Å². The van der Waals surface area contributed by atoms with E-state index in [-0.39, 0.29) is 5.91 Å². The van der Waals surface area contributed by atoms with Crippen LogP contribution in [-0.2, 0) is 11.3 Å². The number of nitrogens with one attached hydrogen (secondary N) is 1. The summed E-state index contributed by atoms with van der Waals surface area (Å²) in [6.45, 7) is 6.07. The molecular formula is C12H19ClN2OS. The van der Waals surface area contributed by atoms with Crippen LogP contribution in [-0.4, -0.2) is 30.9 Å². The summed E-state index contributed by atoms with van der Waals surface area (Å²) < 4.78 is 0.789. The third kappa shape index (κ3) is 6.05. The SMILES string of the molecule is CC(C)CNC(=O)CN(C)Cc1ccc(Cl)s1. The van der Waals surface area contributed by atoms with E-state index in [1.54, 1.807) is 11.3 Å². The van der Waals surface area contributed by atoms with Gasteiger partial charge < -0.3 is 5.32 Å². The minimum Gasteiger partial charge on any atom is -0.355 e. The van der Waals surface area contributed by atoms with Gasteiger partial charge in [0.05, 0.1) is 10.9 Å². The molecule has 0 saturated carbocycles. The first-order valence-electron chi connectivity index (χ1n) is 5.67. The molecular weight excluding hydrogens is 256 g/mol. The molecule has 17 heavy (non-hydrogen) atoms. The fourth-order valence-electron chi connectivity index (χ4n) is 1.38. The van der Waals surface area contributed by atoms with Crippen LogP contribution in [0.25, 0.3) is 0 Å². The summed E-state index contributed by atoms with van der Waals surface area (Å²) in [6, 6.07) is 3.88. The highest BCUT2D eigenvalue weighted by Crippen LogP contribution is 2.22. The van der Waals surface area contributed by atoms with Crippen LogP contribution in [0.2, 0.25) is 4.34 Å². The molecule has 0 aromatic carbocycles. The maximum atomic E-state index is 11.6. The minimum absolute atomic E-state index is 0.0730. The normalized spacial score (nSPS) is 11.2. The lowest BCUT2D eigenvalue weighted by Crippen LogP contribution is -2.36. The van der Waals surface area contributed by atoms with E-state index in [0.29, 0.717) is 12.5 Å². The van der Waals surface area contributed by atoms with Crippen molar-refractivity contribution in [2.75, 3.05) is 20.1 Å². The molecule has 1 N–H and O–H groups in total. The number of carbonyl (C=O) groups is 1. The number of carbonyl (C=O) groups excluding carboxylic acids is 1. The second-order valence-corrected chi connectivity index (χ2v) is 6.38. The molecule has 0 spiro atoms. The highest BCUT2D eigenvalue weighted by molar-refractivity contribution is 7.16. The van der Waals surface area contributed by atoms with Crippen molar-refractivity contribution >= 4 is 28.8 Å². The Kier molecular flexibility index (Phi) is 5.95. The lowest BCUT2D eigenvalue weighted by molar-refractivity contribution is -0.122. The number of hydrogen-bond donors (Lipinski definition) is 1. The molecule has 1 rings (SSSR count). The van der Waals surface area contributed by atoms with E-state index in [2.05, 4.69) is 19.2 Å². The van der Waals surface area contributed by atoms with Crippen LogP contribution < -0.4 is 5.32 Å². The molecule has 0 saturated heterocycles. The first-order valence-corrected chi connectivity index (χ1v) is 6.86. The van der Waals surface area contributed by atoms with Gasteiger partial charge in [0.25, 0.3) is 0 Å². The third-order valence-electron chi connectivity index (χ3n) is 2.18. The number of halogens is 1. The maximum Gasteiger partial charge on any atom is 0.234 e. The first-order chi connectivity index (χ1) is 7.97. The molecule has 0 radical (unpaired) electrons. The fraction of sp³-hybridized carbons (Fsp3) is 0.583. The minimum atomic E-state index is 0.0730. The summed E-state index contributed by atoms with van der Waals surface area (Å²) in [4.78, 5) is 14.7.